The summed E-state index contributed by atoms with van der Waals surface area (Å²) in [5.74, 6) is -0.445. The Balaban J connectivity index is 1.98. The summed E-state index contributed by atoms with van der Waals surface area (Å²) in [6, 6.07) is 16.0. The van der Waals surface area contributed by atoms with Crippen molar-refractivity contribution in [1.29, 1.82) is 0 Å². The van der Waals surface area contributed by atoms with Crippen LogP contribution in [0.2, 0.25) is 0 Å². The molecule has 1 unspecified atom stereocenters. The van der Waals surface area contributed by atoms with Crippen molar-refractivity contribution in [2.24, 2.45) is 0 Å². The topological polar surface area (TPSA) is 39.2 Å². The molecule has 0 amide bonds. The van der Waals surface area contributed by atoms with Gasteiger partial charge in [0.1, 0.15) is 0 Å². The van der Waals surface area contributed by atoms with E-state index in [0.717, 1.165) is 25.0 Å². The SMILES string of the molecule is CCOC(=O)C(CCCc1ccccc1)c1ccccn1. The summed E-state index contributed by atoms with van der Waals surface area (Å²) in [5.41, 5.74) is 2.09. The number of hydrogen-bond donors (Lipinski definition) is 0. The van der Waals surface area contributed by atoms with Crippen LogP contribution < -0.4 is 0 Å². The van der Waals surface area contributed by atoms with Crippen molar-refractivity contribution in [2.75, 3.05) is 6.61 Å². The number of aryl methyl sites for hydroxylation is 1. The lowest BCUT2D eigenvalue weighted by Crippen LogP contribution is -2.17. The second-order valence-electron chi connectivity index (χ2n) is 4.94. The molecule has 110 valence electrons. The van der Waals surface area contributed by atoms with Crippen molar-refractivity contribution < 1.29 is 9.53 Å². The highest BCUT2D eigenvalue weighted by atomic mass is 16.5. The molecule has 0 N–H and O–H groups in total. The largest absolute Gasteiger partial charge is 0.465 e. The van der Waals surface area contributed by atoms with E-state index in [1.165, 1.54) is 5.56 Å². The Kier molecular flexibility index (Phi) is 5.95. The predicted molar refractivity (Wildman–Crippen MR) is 83.0 cm³/mol. The fourth-order valence-corrected chi connectivity index (χ4v) is 2.37. The molecule has 3 nitrogen and oxygen atoms in total. The number of aromatic nitrogens is 1. The maximum atomic E-state index is 12.1. The van der Waals surface area contributed by atoms with Gasteiger partial charge in [-0.1, -0.05) is 36.4 Å². The highest BCUT2D eigenvalue weighted by Gasteiger charge is 2.22. The molecule has 1 aromatic heterocycles. The van der Waals surface area contributed by atoms with Gasteiger partial charge in [-0.3, -0.25) is 9.78 Å². The van der Waals surface area contributed by atoms with Gasteiger partial charge in [-0.15, -0.1) is 0 Å². The van der Waals surface area contributed by atoms with Gasteiger partial charge in [0.05, 0.1) is 18.2 Å². The fourth-order valence-electron chi connectivity index (χ4n) is 2.37. The molecule has 0 aliphatic rings. The van der Waals surface area contributed by atoms with Crippen molar-refractivity contribution in [3.63, 3.8) is 0 Å². The number of esters is 1. The van der Waals surface area contributed by atoms with Crippen LogP contribution in [0.15, 0.2) is 54.7 Å². The lowest BCUT2D eigenvalue weighted by atomic mass is 9.96. The molecule has 0 saturated heterocycles. The minimum atomic E-state index is -0.269. The average molecular weight is 283 g/mol. The van der Waals surface area contributed by atoms with Gasteiger partial charge in [-0.2, -0.15) is 0 Å². The van der Waals surface area contributed by atoms with Crippen LogP contribution in [0.4, 0.5) is 0 Å². The van der Waals surface area contributed by atoms with E-state index in [2.05, 4.69) is 17.1 Å². The monoisotopic (exact) mass is 283 g/mol. The third-order valence-corrected chi connectivity index (χ3v) is 3.42. The quantitative estimate of drug-likeness (QED) is 0.726. The summed E-state index contributed by atoms with van der Waals surface area (Å²) in [5, 5.41) is 0. The van der Waals surface area contributed by atoms with Crippen molar-refractivity contribution >= 4 is 5.97 Å². The van der Waals surface area contributed by atoms with Crippen molar-refractivity contribution in [2.45, 2.75) is 32.1 Å². The molecule has 2 rings (SSSR count). The standard InChI is InChI=1S/C18H21NO2/c1-2-21-18(20)16(17-13-6-7-14-19-17)12-8-11-15-9-4-3-5-10-15/h3-7,9-10,13-14,16H,2,8,11-12H2,1H3. The molecule has 3 heteroatoms. The molecule has 0 saturated carbocycles. The van der Waals surface area contributed by atoms with E-state index in [0.29, 0.717) is 6.61 Å². The van der Waals surface area contributed by atoms with Crippen LogP contribution in [0.5, 0.6) is 0 Å². The van der Waals surface area contributed by atoms with E-state index in [4.69, 9.17) is 4.74 Å². The fraction of sp³-hybridized carbons (Fsp3) is 0.333. The van der Waals surface area contributed by atoms with Crippen LogP contribution in [0, 0.1) is 0 Å². The summed E-state index contributed by atoms with van der Waals surface area (Å²) in [7, 11) is 0. The van der Waals surface area contributed by atoms with Gasteiger partial charge in [0.25, 0.3) is 0 Å². The van der Waals surface area contributed by atoms with Crippen LogP contribution in [0.3, 0.4) is 0 Å². The van der Waals surface area contributed by atoms with E-state index in [1.807, 2.05) is 43.3 Å². The molecule has 1 aromatic carbocycles. The summed E-state index contributed by atoms with van der Waals surface area (Å²) < 4.78 is 5.18. The Morgan fingerprint density at radius 1 is 1.14 bits per heavy atom. The van der Waals surface area contributed by atoms with E-state index >= 15 is 0 Å². The molecule has 1 heterocycles. The van der Waals surface area contributed by atoms with Gasteiger partial charge in [0, 0.05) is 6.20 Å². The van der Waals surface area contributed by atoms with E-state index in [-0.39, 0.29) is 11.9 Å². The van der Waals surface area contributed by atoms with Crippen LogP contribution in [0.25, 0.3) is 0 Å². The third-order valence-electron chi connectivity index (χ3n) is 3.42. The van der Waals surface area contributed by atoms with E-state index in [9.17, 15) is 4.79 Å². The second-order valence-corrected chi connectivity index (χ2v) is 4.94. The Morgan fingerprint density at radius 2 is 1.90 bits per heavy atom. The Bertz CT molecular complexity index is 540. The molecule has 21 heavy (non-hydrogen) atoms. The number of carbonyl (C=O) groups excluding carboxylic acids is 1. The first-order valence-electron chi connectivity index (χ1n) is 7.42. The molecular weight excluding hydrogens is 262 g/mol. The van der Waals surface area contributed by atoms with Gasteiger partial charge < -0.3 is 4.74 Å². The lowest BCUT2D eigenvalue weighted by molar-refractivity contribution is -0.145. The minimum Gasteiger partial charge on any atom is -0.465 e. The highest BCUT2D eigenvalue weighted by molar-refractivity contribution is 5.77. The minimum absolute atomic E-state index is 0.177. The number of benzene rings is 1. The number of ether oxygens (including phenoxy) is 1. The van der Waals surface area contributed by atoms with Crippen molar-refractivity contribution in [1.82, 2.24) is 4.98 Å². The second kappa shape index (κ2) is 8.20. The molecule has 0 bridgehead atoms. The van der Waals surface area contributed by atoms with Crippen LogP contribution >= 0.6 is 0 Å². The maximum Gasteiger partial charge on any atom is 0.315 e. The van der Waals surface area contributed by atoms with Crippen LogP contribution in [-0.4, -0.2) is 17.6 Å². The lowest BCUT2D eigenvalue weighted by Gasteiger charge is -2.15. The molecule has 0 spiro atoms. The summed E-state index contributed by atoms with van der Waals surface area (Å²) in [6.07, 6.45) is 4.37. The Morgan fingerprint density at radius 3 is 2.57 bits per heavy atom. The predicted octanol–water partition coefficient (Wildman–Crippen LogP) is 3.75. The number of rotatable bonds is 7. The zero-order chi connectivity index (χ0) is 14.9. The number of pyridine rings is 1. The summed E-state index contributed by atoms with van der Waals surface area (Å²) >= 11 is 0. The maximum absolute atomic E-state index is 12.1. The zero-order valence-electron chi connectivity index (χ0n) is 12.4. The molecule has 0 aliphatic heterocycles. The first-order valence-corrected chi connectivity index (χ1v) is 7.42. The van der Waals surface area contributed by atoms with Gasteiger partial charge >= 0.3 is 5.97 Å². The average Bonchev–Trinajstić information content (AvgIpc) is 2.53. The normalized spacial score (nSPS) is 11.9. The summed E-state index contributed by atoms with van der Waals surface area (Å²) in [6.45, 7) is 2.23. The Labute approximate surface area is 126 Å². The number of nitrogens with zero attached hydrogens (tertiary/aromatic N) is 1. The highest BCUT2D eigenvalue weighted by Crippen LogP contribution is 2.22. The third kappa shape index (κ3) is 4.71. The molecule has 0 fully saturated rings. The molecule has 0 radical (unpaired) electrons. The smallest absolute Gasteiger partial charge is 0.315 e. The molecule has 1 atom stereocenters. The first kappa shape index (κ1) is 15.2. The number of carbonyl (C=O) groups is 1. The van der Waals surface area contributed by atoms with E-state index in [1.54, 1.807) is 6.20 Å². The first-order chi connectivity index (χ1) is 10.3. The van der Waals surface area contributed by atoms with Crippen molar-refractivity contribution in [3.05, 3.63) is 66.0 Å². The summed E-state index contributed by atoms with van der Waals surface area (Å²) in [4.78, 5) is 16.4. The Hall–Kier alpha value is -2.16. The van der Waals surface area contributed by atoms with Crippen molar-refractivity contribution in [3.8, 4) is 0 Å². The molecule has 0 aliphatic carbocycles. The van der Waals surface area contributed by atoms with E-state index < -0.39 is 0 Å². The zero-order valence-corrected chi connectivity index (χ0v) is 12.4. The van der Waals surface area contributed by atoms with Gasteiger partial charge in [-0.05, 0) is 43.9 Å². The van der Waals surface area contributed by atoms with Gasteiger partial charge in [-0.25, -0.2) is 0 Å². The number of hydrogen-bond acceptors (Lipinski definition) is 3. The van der Waals surface area contributed by atoms with Crippen LogP contribution in [0.1, 0.15) is 36.9 Å². The van der Waals surface area contributed by atoms with Crippen LogP contribution in [-0.2, 0) is 16.0 Å². The molecular formula is C18H21NO2. The molecule has 2 aromatic rings. The van der Waals surface area contributed by atoms with Gasteiger partial charge in [0.15, 0.2) is 0 Å². The van der Waals surface area contributed by atoms with Gasteiger partial charge in [0.2, 0.25) is 0 Å².